The second-order valence-electron chi connectivity index (χ2n) is 2.39. The summed E-state index contributed by atoms with van der Waals surface area (Å²) in [5, 5.41) is 0.497. The first-order valence-electron chi connectivity index (χ1n) is 3.54. The van der Waals surface area contributed by atoms with E-state index in [2.05, 4.69) is 4.98 Å². The highest BCUT2D eigenvalue weighted by molar-refractivity contribution is 7.86. The van der Waals surface area contributed by atoms with E-state index in [0.29, 0.717) is 10.1 Å². The lowest BCUT2D eigenvalue weighted by atomic mass is 10.4. The van der Waals surface area contributed by atoms with E-state index in [1.165, 1.54) is 7.11 Å². The van der Waals surface area contributed by atoms with Gasteiger partial charge in [0.25, 0.3) is 5.19 Å². The number of aryl methyl sites for hydroxylation is 1. The first-order valence-corrected chi connectivity index (χ1v) is 6.28. The molecular weight excluding hydrogens is 253 g/mol. The molecule has 1 heterocycles. The summed E-state index contributed by atoms with van der Waals surface area (Å²) >= 11 is 6.76. The molecule has 0 N–H and O–H groups in total. The van der Waals surface area contributed by atoms with E-state index in [1.807, 2.05) is 0 Å². The maximum atomic E-state index is 12.2. The molecule has 0 saturated carbocycles. The third-order valence-electron chi connectivity index (χ3n) is 1.38. The first-order chi connectivity index (χ1) is 6.42. The summed E-state index contributed by atoms with van der Waals surface area (Å²) in [7, 11) is -3.04. The maximum absolute atomic E-state index is 12.2. The first kappa shape index (κ1) is 11.7. The van der Waals surface area contributed by atoms with Gasteiger partial charge in [-0.25, -0.2) is 0 Å². The molecule has 0 fully saturated rings. The van der Waals surface area contributed by atoms with Gasteiger partial charge in [0.2, 0.25) is 0 Å². The molecule has 0 amide bonds. The molecule has 0 unspecified atom stereocenters. The maximum Gasteiger partial charge on any atom is 0.302 e. The largest absolute Gasteiger partial charge is 0.473 e. The third-order valence-corrected chi connectivity index (χ3v) is 3.57. The second kappa shape index (κ2) is 4.41. The van der Waals surface area contributed by atoms with E-state index in [1.54, 1.807) is 0 Å². The zero-order chi connectivity index (χ0) is 10.8. The molecule has 80 valence electrons. The van der Waals surface area contributed by atoms with Crippen molar-refractivity contribution in [3.63, 3.8) is 0 Å². The highest BCUT2D eigenvalue weighted by Gasteiger charge is 2.14. The van der Waals surface area contributed by atoms with Crippen molar-refractivity contribution >= 4 is 33.2 Å². The van der Waals surface area contributed by atoms with Crippen LogP contribution in [0.3, 0.4) is 0 Å². The number of rotatable bonds is 4. The van der Waals surface area contributed by atoms with Gasteiger partial charge in [-0.3, -0.25) is 0 Å². The Morgan fingerprint density at radius 1 is 1.64 bits per heavy atom. The number of ether oxygens (including phenoxy) is 1. The van der Waals surface area contributed by atoms with Crippen LogP contribution in [-0.2, 0) is 16.6 Å². The van der Waals surface area contributed by atoms with E-state index < -0.39 is 16.0 Å². The van der Waals surface area contributed by atoms with Crippen molar-refractivity contribution in [3.8, 4) is 5.19 Å². The van der Waals surface area contributed by atoms with Gasteiger partial charge < -0.3 is 4.74 Å². The summed E-state index contributed by atoms with van der Waals surface area (Å²) < 4.78 is 37.4. The number of hydrogen-bond donors (Lipinski definition) is 0. The lowest BCUT2D eigenvalue weighted by Crippen LogP contribution is -2.00. The van der Waals surface area contributed by atoms with Crippen molar-refractivity contribution in [1.29, 1.82) is 0 Å². The second-order valence-corrected chi connectivity index (χ2v) is 5.28. The molecular formula is C6H7ClFNO3S2. The molecule has 0 saturated heterocycles. The summed E-state index contributed by atoms with van der Waals surface area (Å²) in [6.07, 6.45) is 0.0126. The molecule has 4 nitrogen and oxygen atoms in total. The average molecular weight is 260 g/mol. The number of aromatic nitrogens is 1. The Morgan fingerprint density at radius 2 is 2.29 bits per heavy atom. The lowest BCUT2D eigenvalue weighted by Gasteiger charge is -1.92. The molecule has 14 heavy (non-hydrogen) atoms. The van der Waals surface area contributed by atoms with E-state index in [-0.39, 0.29) is 11.6 Å². The van der Waals surface area contributed by atoms with Crippen LogP contribution in [0.25, 0.3) is 0 Å². The monoisotopic (exact) mass is 259 g/mol. The fourth-order valence-corrected chi connectivity index (χ4v) is 2.45. The Kier molecular flexibility index (Phi) is 3.68. The Labute approximate surface area is 89.9 Å². The molecule has 0 spiro atoms. The van der Waals surface area contributed by atoms with Gasteiger partial charge in [0.15, 0.2) is 0 Å². The molecule has 0 atom stereocenters. The van der Waals surface area contributed by atoms with Crippen LogP contribution in [0, 0.1) is 0 Å². The van der Waals surface area contributed by atoms with Crippen molar-refractivity contribution < 1.29 is 17.0 Å². The fraction of sp³-hybridized carbons (Fsp3) is 0.500. The molecule has 1 aromatic heterocycles. The third kappa shape index (κ3) is 3.39. The minimum atomic E-state index is -4.46. The number of halogens is 2. The fourth-order valence-electron chi connectivity index (χ4n) is 0.769. The molecule has 0 aliphatic heterocycles. The predicted octanol–water partition coefficient (Wildman–Crippen LogP) is 1.65. The van der Waals surface area contributed by atoms with Crippen LogP contribution in [-0.4, -0.2) is 26.3 Å². The standard InChI is InChI=1S/C6H7ClFNO3S2/c1-12-6-9-5(7)4(13-6)2-3-14(8,10)11/h2-3H2,1H3. The lowest BCUT2D eigenvalue weighted by molar-refractivity contribution is 0.412. The number of nitrogens with zero attached hydrogens (tertiary/aromatic N) is 1. The van der Waals surface area contributed by atoms with Crippen LogP contribution in [0.5, 0.6) is 5.19 Å². The van der Waals surface area contributed by atoms with Gasteiger partial charge in [-0.1, -0.05) is 22.9 Å². The van der Waals surface area contributed by atoms with Crippen LogP contribution in [0.1, 0.15) is 4.88 Å². The van der Waals surface area contributed by atoms with Crippen LogP contribution < -0.4 is 4.74 Å². The minimum Gasteiger partial charge on any atom is -0.473 e. The van der Waals surface area contributed by atoms with Gasteiger partial charge in [0.05, 0.1) is 12.9 Å². The molecule has 1 aromatic rings. The predicted molar refractivity (Wildman–Crippen MR) is 52.3 cm³/mol. The van der Waals surface area contributed by atoms with E-state index >= 15 is 0 Å². The Morgan fingerprint density at radius 3 is 2.71 bits per heavy atom. The minimum absolute atomic E-state index is 0.0126. The van der Waals surface area contributed by atoms with Crippen LogP contribution in [0.2, 0.25) is 5.15 Å². The SMILES string of the molecule is COc1nc(Cl)c(CCS(=O)(=O)F)s1. The molecule has 0 aliphatic rings. The van der Waals surface area contributed by atoms with E-state index in [0.717, 1.165) is 11.3 Å². The molecule has 0 bridgehead atoms. The van der Waals surface area contributed by atoms with Crippen LogP contribution in [0.4, 0.5) is 3.89 Å². The van der Waals surface area contributed by atoms with Gasteiger partial charge in [0, 0.05) is 11.3 Å². The number of thiazole rings is 1. The summed E-state index contributed by atoms with van der Waals surface area (Å²) in [6.45, 7) is 0. The zero-order valence-corrected chi connectivity index (χ0v) is 9.55. The normalized spacial score (nSPS) is 11.6. The summed E-state index contributed by atoms with van der Waals surface area (Å²) in [5.41, 5.74) is 0. The highest BCUT2D eigenvalue weighted by Crippen LogP contribution is 2.28. The molecule has 1 rings (SSSR count). The smallest absolute Gasteiger partial charge is 0.302 e. The molecule has 8 heteroatoms. The quantitative estimate of drug-likeness (QED) is 0.772. The van der Waals surface area contributed by atoms with Gasteiger partial charge in [-0.15, -0.1) is 3.89 Å². The van der Waals surface area contributed by atoms with E-state index in [9.17, 15) is 12.3 Å². The Bertz CT molecular complexity index is 417. The van der Waals surface area contributed by atoms with Crippen molar-refractivity contribution in [2.75, 3.05) is 12.9 Å². The summed E-state index contributed by atoms with van der Waals surface area (Å²) in [5.74, 6) is -0.585. The Balaban J connectivity index is 2.72. The van der Waals surface area contributed by atoms with Crippen LogP contribution >= 0.6 is 22.9 Å². The Hall–Kier alpha value is -0.400. The van der Waals surface area contributed by atoms with Crippen molar-refractivity contribution in [1.82, 2.24) is 4.98 Å². The van der Waals surface area contributed by atoms with Crippen LogP contribution in [0.15, 0.2) is 0 Å². The topological polar surface area (TPSA) is 56.3 Å². The van der Waals surface area contributed by atoms with Gasteiger partial charge in [-0.2, -0.15) is 13.4 Å². The number of methoxy groups -OCH3 is 1. The summed E-state index contributed by atoms with van der Waals surface area (Å²) in [6, 6.07) is 0. The van der Waals surface area contributed by atoms with Gasteiger partial charge in [0.1, 0.15) is 5.15 Å². The molecule has 0 radical (unpaired) electrons. The van der Waals surface area contributed by atoms with Crippen molar-refractivity contribution in [2.24, 2.45) is 0 Å². The average Bonchev–Trinajstić information content (AvgIpc) is 2.42. The summed E-state index contributed by atoms with van der Waals surface area (Å²) in [4.78, 5) is 4.28. The molecule has 0 aliphatic carbocycles. The van der Waals surface area contributed by atoms with Crippen molar-refractivity contribution in [3.05, 3.63) is 10.0 Å². The van der Waals surface area contributed by atoms with Gasteiger partial charge in [-0.05, 0) is 0 Å². The zero-order valence-electron chi connectivity index (χ0n) is 7.16. The van der Waals surface area contributed by atoms with Crippen molar-refractivity contribution in [2.45, 2.75) is 6.42 Å². The van der Waals surface area contributed by atoms with Gasteiger partial charge >= 0.3 is 10.2 Å². The highest BCUT2D eigenvalue weighted by atomic mass is 35.5. The molecule has 0 aromatic carbocycles. The number of hydrogen-bond acceptors (Lipinski definition) is 5. The van der Waals surface area contributed by atoms with E-state index in [4.69, 9.17) is 16.3 Å².